The number of rotatable bonds is 27. The molecule has 2 heteroatoms. The summed E-state index contributed by atoms with van der Waals surface area (Å²) in [5.41, 5.74) is 0. The molecule has 0 heterocycles. The van der Waals surface area contributed by atoms with Crippen molar-refractivity contribution in [2.75, 3.05) is 19.8 Å². The first-order valence-corrected chi connectivity index (χ1v) is 14.5. The van der Waals surface area contributed by atoms with Gasteiger partial charge in [-0.05, 0) is 19.8 Å². The van der Waals surface area contributed by atoms with Gasteiger partial charge in [-0.25, -0.2) is 0 Å². The zero-order valence-corrected chi connectivity index (χ0v) is 22.1. The Labute approximate surface area is 197 Å². The molecule has 0 saturated carbocycles. The van der Waals surface area contributed by atoms with E-state index in [2.05, 4.69) is 20.8 Å². The average Bonchev–Trinajstić information content (AvgIpc) is 2.77. The maximum atomic E-state index is 5.91. The van der Waals surface area contributed by atoms with Gasteiger partial charge in [-0.2, -0.15) is 0 Å². The van der Waals surface area contributed by atoms with E-state index < -0.39 is 0 Å². The first-order chi connectivity index (χ1) is 15.3. The highest BCUT2D eigenvalue weighted by Gasteiger charge is 2.02. The second kappa shape index (κ2) is 28.0. The molecule has 0 N–H and O–H groups in total. The Kier molecular flexibility index (Phi) is 27.9. The van der Waals surface area contributed by atoms with Crippen LogP contribution in [0.4, 0.5) is 0 Å². The lowest BCUT2D eigenvalue weighted by Gasteiger charge is -2.13. The Morgan fingerprint density at radius 3 is 1.13 bits per heavy atom. The van der Waals surface area contributed by atoms with Crippen molar-refractivity contribution in [1.29, 1.82) is 0 Å². The third-order valence-electron chi connectivity index (χ3n) is 6.40. The highest BCUT2D eigenvalue weighted by molar-refractivity contribution is 4.52. The Hall–Kier alpha value is -0.0800. The van der Waals surface area contributed by atoms with E-state index in [9.17, 15) is 0 Å². The van der Waals surface area contributed by atoms with Gasteiger partial charge in [0, 0.05) is 13.2 Å². The van der Waals surface area contributed by atoms with Gasteiger partial charge in [0.1, 0.15) is 0 Å². The average molecular weight is 441 g/mol. The lowest BCUT2D eigenvalue weighted by Crippen LogP contribution is -2.17. The van der Waals surface area contributed by atoms with Crippen molar-refractivity contribution < 1.29 is 9.47 Å². The Balaban J connectivity index is 3.13. The summed E-state index contributed by atoms with van der Waals surface area (Å²) in [6.45, 7) is 9.30. The summed E-state index contributed by atoms with van der Waals surface area (Å²) < 4.78 is 11.7. The molecule has 0 aliphatic heterocycles. The normalized spacial score (nSPS) is 12.5. The predicted octanol–water partition coefficient (Wildman–Crippen LogP) is 10.0. The van der Waals surface area contributed by atoms with Gasteiger partial charge in [0.15, 0.2) is 0 Å². The van der Waals surface area contributed by atoms with Crippen molar-refractivity contribution in [2.45, 2.75) is 168 Å². The van der Waals surface area contributed by atoms with Crippen LogP contribution in [0.15, 0.2) is 0 Å². The van der Waals surface area contributed by atoms with Crippen LogP contribution >= 0.6 is 0 Å². The maximum absolute atomic E-state index is 5.91. The van der Waals surface area contributed by atoms with Crippen LogP contribution in [-0.2, 0) is 9.47 Å². The smallest absolute Gasteiger partial charge is 0.0780 e. The van der Waals surface area contributed by atoms with Crippen molar-refractivity contribution in [1.82, 2.24) is 0 Å². The molecule has 31 heavy (non-hydrogen) atoms. The summed E-state index contributed by atoms with van der Waals surface area (Å²) in [6.07, 6.45) is 30.8. The zero-order chi connectivity index (χ0) is 22.7. The number of unbranched alkanes of at least 4 members (excludes halogenated alkanes) is 20. The molecule has 0 aliphatic carbocycles. The van der Waals surface area contributed by atoms with Crippen LogP contribution in [0.1, 0.15) is 162 Å². The van der Waals surface area contributed by atoms with E-state index in [-0.39, 0.29) is 6.10 Å². The highest BCUT2D eigenvalue weighted by Crippen LogP contribution is 2.12. The van der Waals surface area contributed by atoms with Gasteiger partial charge in [-0.3, -0.25) is 0 Å². The molecule has 0 rings (SSSR count). The maximum Gasteiger partial charge on any atom is 0.0780 e. The molecule has 0 aromatic carbocycles. The summed E-state index contributed by atoms with van der Waals surface area (Å²) >= 11 is 0. The van der Waals surface area contributed by atoms with Crippen molar-refractivity contribution in [3.05, 3.63) is 0 Å². The summed E-state index contributed by atoms with van der Waals surface area (Å²) in [6, 6.07) is 0. The molecule has 0 spiro atoms. The topological polar surface area (TPSA) is 18.5 Å². The van der Waals surface area contributed by atoms with Crippen LogP contribution in [0, 0.1) is 0 Å². The van der Waals surface area contributed by atoms with Crippen molar-refractivity contribution in [3.8, 4) is 0 Å². The van der Waals surface area contributed by atoms with E-state index in [0.717, 1.165) is 19.8 Å². The van der Waals surface area contributed by atoms with Crippen molar-refractivity contribution in [3.63, 3.8) is 0 Å². The number of hydrogen-bond acceptors (Lipinski definition) is 2. The molecule has 188 valence electrons. The Morgan fingerprint density at radius 2 is 0.742 bits per heavy atom. The van der Waals surface area contributed by atoms with E-state index in [1.807, 2.05) is 0 Å². The van der Waals surface area contributed by atoms with Crippen LogP contribution in [0.2, 0.25) is 0 Å². The third kappa shape index (κ3) is 27.9. The van der Waals surface area contributed by atoms with E-state index in [0.29, 0.717) is 0 Å². The molecule has 0 radical (unpaired) electrons. The summed E-state index contributed by atoms with van der Waals surface area (Å²) in [7, 11) is 0. The van der Waals surface area contributed by atoms with E-state index in [4.69, 9.17) is 9.47 Å². The minimum absolute atomic E-state index is 0.246. The van der Waals surface area contributed by atoms with Crippen LogP contribution in [0.5, 0.6) is 0 Å². The molecule has 0 bridgehead atoms. The molecule has 0 amide bonds. The largest absolute Gasteiger partial charge is 0.379 e. The molecule has 0 aliphatic rings. The molecule has 1 unspecified atom stereocenters. The lowest BCUT2D eigenvalue weighted by atomic mass is 10.1. The third-order valence-corrected chi connectivity index (χ3v) is 6.40. The minimum Gasteiger partial charge on any atom is -0.379 e. The molecular formula is C29H60O2. The van der Waals surface area contributed by atoms with E-state index >= 15 is 0 Å². The first kappa shape index (κ1) is 30.9. The Morgan fingerprint density at radius 1 is 0.419 bits per heavy atom. The molecule has 0 saturated heterocycles. The van der Waals surface area contributed by atoms with Crippen LogP contribution in [0.3, 0.4) is 0 Å². The molecular weight excluding hydrogens is 380 g/mol. The fourth-order valence-electron chi connectivity index (χ4n) is 4.22. The second-order valence-corrected chi connectivity index (χ2v) is 9.83. The second-order valence-electron chi connectivity index (χ2n) is 9.83. The molecule has 0 aromatic heterocycles. The SMILES string of the molecule is CCCCCCCCCCCCCOCC(C)OCCCCCCCCCCCCC. The van der Waals surface area contributed by atoms with Crippen LogP contribution in [0.25, 0.3) is 0 Å². The standard InChI is InChI=1S/C29H60O2/c1-4-6-8-10-12-14-16-18-20-22-24-26-30-28-29(3)31-27-25-23-21-19-17-15-13-11-9-7-5-2/h29H,4-28H2,1-3H3. The first-order valence-electron chi connectivity index (χ1n) is 14.5. The van der Waals surface area contributed by atoms with Crippen molar-refractivity contribution >= 4 is 0 Å². The van der Waals surface area contributed by atoms with Gasteiger partial charge in [-0.15, -0.1) is 0 Å². The molecule has 0 fully saturated rings. The Bertz CT molecular complexity index is 305. The van der Waals surface area contributed by atoms with Gasteiger partial charge in [0.25, 0.3) is 0 Å². The minimum atomic E-state index is 0.246. The van der Waals surface area contributed by atoms with Crippen LogP contribution < -0.4 is 0 Å². The zero-order valence-electron chi connectivity index (χ0n) is 22.1. The lowest BCUT2D eigenvalue weighted by molar-refractivity contribution is -0.00869. The molecule has 2 nitrogen and oxygen atoms in total. The number of hydrogen-bond donors (Lipinski definition) is 0. The van der Waals surface area contributed by atoms with E-state index in [1.54, 1.807) is 0 Å². The summed E-state index contributed by atoms with van der Waals surface area (Å²) in [4.78, 5) is 0. The van der Waals surface area contributed by atoms with Crippen molar-refractivity contribution in [2.24, 2.45) is 0 Å². The van der Waals surface area contributed by atoms with Gasteiger partial charge in [-0.1, -0.05) is 142 Å². The van der Waals surface area contributed by atoms with E-state index in [1.165, 1.54) is 141 Å². The highest BCUT2D eigenvalue weighted by atomic mass is 16.5. The monoisotopic (exact) mass is 440 g/mol. The fourth-order valence-corrected chi connectivity index (χ4v) is 4.22. The van der Waals surface area contributed by atoms with Gasteiger partial charge in [0.2, 0.25) is 0 Å². The summed E-state index contributed by atoms with van der Waals surface area (Å²) in [5.74, 6) is 0. The van der Waals surface area contributed by atoms with Crippen LogP contribution in [-0.4, -0.2) is 25.9 Å². The quantitative estimate of drug-likeness (QED) is 0.118. The van der Waals surface area contributed by atoms with Gasteiger partial charge in [0.05, 0.1) is 12.7 Å². The number of ether oxygens (including phenoxy) is 2. The van der Waals surface area contributed by atoms with Gasteiger partial charge >= 0.3 is 0 Å². The predicted molar refractivity (Wildman–Crippen MR) is 139 cm³/mol. The fraction of sp³-hybridized carbons (Fsp3) is 1.00. The molecule has 0 aromatic rings. The molecule has 1 atom stereocenters. The van der Waals surface area contributed by atoms with Gasteiger partial charge < -0.3 is 9.47 Å². The summed E-state index contributed by atoms with van der Waals surface area (Å²) in [5, 5.41) is 0.